The molecule has 38 heavy (non-hydrogen) atoms. The Labute approximate surface area is 235 Å². The average Bonchev–Trinajstić information content (AvgIpc) is 3.55. The molecule has 0 saturated carbocycles. The lowest BCUT2D eigenvalue weighted by atomic mass is 10.1. The van der Waals surface area contributed by atoms with Gasteiger partial charge in [0.15, 0.2) is 10.0 Å². The fourth-order valence-electron chi connectivity index (χ4n) is 4.55. The van der Waals surface area contributed by atoms with Crippen LogP contribution in [0.4, 0.5) is 0 Å². The third-order valence-corrected chi connectivity index (χ3v) is 8.91. The summed E-state index contributed by atoms with van der Waals surface area (Å²) in [6, 6.07) is 13.8. The van der Waals surface area contributed by atoms with E-state index in [0.29, 0.717) is 12.2 Å². The standard InChI is InChI=1S/C32H40N2O2S2/c1-2-3-4-5-6-7-8-9-10-11-12-13-14-15-16-21-30(35)36-25-22-23-27-29(24-25)38-32(34-27)31-33-26-19-17-18-20-28(26)37-31/h9-10,17-20,22-24H,2-8,11-16,21H2,1H3. The Bertz CT molecular complexity index is 1270. The van der Waals surface area contributed by atoms with Gasteiger partial charge in [0.2, 0.25) is 0 Å². The minimum absolute atomic E-state index is 0.155. The lowest BCUT2D eigenvalue weighted by molar-refractivity contribution is -0.134. The number of hydrogen-bond acceptors (Lipinski definition) is 6. The number of nitrogens with zero attached hydrogens (tertiary/aromatic N) is 2. The first kappa shape index (κ1) is 28.4. The number of ether oxygens (including phenoxy) is 1. The topological polar surface area (TPSA) is 52.1 Å². The SMILES string of the molecule is CCCCCCCCC=CCCCCCCCC(=O)Oc1ccc2nc(-c3nc4ccccc4s3)sc2c1. The minimum Gasteiger partial charge on any atom is -0.426 e. The summed E-state index contributed by atoms with van der Waals surface area (Å²) >= 11 is 3.24. The fraction of sp³-hybridized carbons (Fsp3) is 0.469. The van der Waals surface area contributed by atoms with Gasteiger partial charge < -0.3 is 4.74 Å². The Hall–Kier alpha value is -2.57. The van der Waals surface area contributed by atoms with Crippen LogP contribution in [-0.4, -0.2) is 15.9 Å². The maximum absolute atomic E-state index is 12.4. The molecule has 4 aromatic rings. The third-order valence-electron chi connectivity index (χ3n) is 6.71. The zero-order valence-corrected chi connectivity index (χ0v) is 24.3. The van der Waals surface area contributed by atoms with Gasteiger partial charge in [0.1, 0.15) is 5.75 Å². The van der Waals surface area contributed by atoms with E-state index >= 15 is 0 Å². The van der Waals surface area contributed by atoms with E-state index < -0.39 is 0 Å². The van der Waals surface area contributed by atoms with E-state index in [1.54, 1.807) is 22.7 Å². The highest BCUT2D eigenvalue weighted by Gasteiger charge is 2.13. The van der Waals surface area contributed by atoms with Crippen molar-refractivity contribution in [1.29, 1.82) is 0 Å². The molecule has 0 aliphatic rings. The normalized spacial score (nSPS) is 11.7. The van der Waals surface area contributed by atoms with Gasteiger partial charge in [-0.1, -0.05) is 82.6 Å². The molecule has 2 heterocycles. The number of hydrogen-bond donors (Lipinski definition) is 0. The van der Waals surface area contributed by atoms with Crippen molar-refractivity contribution < 1.29 is 9.53 Å². The van der Waals surface area contributed by atoms with Gasteiger partial charge in [-0.2, -0.15) is 0 Å². The summed E-state index contributed by atoms with van der Waals surface area (Å²) in [5.74, 6) is 0.438. The van der Waals surface area contributed by atoms with Crippen LogP contribution in [0, 0.1) is 0 Å². The molecule has 0 unspecified atom stereocenters. The Balaban J connectivity index is 1.09. The molecule has 0 fully saturated rings. The Morgan fingerprint density at radius 1 is 0.737 bits per heavy atom. The summed E-state index contributed by atoms with van der Waals surface area (Å²) in [5.41, 5.74) is 1.90. The van der Waals surface area contributed by atoms with Crippen LogP contribution >= 0.6 is 22.7 Å². The number of para-hydroxylation sites is 1. The van der Waals surface area contributed by atoms with E-state index in [4.69, 9.17) is 14.7 Å². The number of esters is 1. The maximum atomic E-state index is 12.4. The van der Waals surface area contributed by atoms with E-state index in [1.165, 1.54) is 70.6 Å². The lowest BCUT2D eigenvalue weighted by Crippen LogP contribution is -2.07. The number of fused-ring (bicyclic) bond motifs is 2. The van der Waals surface area contributed by atoms with Gasteiger partial charge >= 0.3 is 5.97 Å². The maximum Gasteiger partial charge on any atom is 0.311 e. The van der Waals surface area contributed by atoms with Crippen LogP contribution < -0.4 is 4.74 Å². The predicted octanol–water partition coefficient (Wildman–Crippen LogP) is 10.5. The first-order valence-electron chi connectivity index (χ1n) is 14.3. The van der Waals surface area contributed by atoms with Gasteiger partial charge in [0.25, 0.3) is 0 Å². The van der Waals surface area contributed by atoms with Gasteiger partial charge in [-0.25, -0.2) is 9.97 Å². The number of benzene rings is 2. The molecule has 0 bridgehead atoms. The van der Waals surface area contributed by atoms with Gasteiger partial charge in [-0.15, -0.1) is 22.7 Å². The monoisotopic (exact) mass is 548 g/mol. The van der Waals surface area contributed by atoms with Gasteiger partial charge in [0, 0.05) is 12.5 Å². The molecule has 6 heteroatoms. The second-order valence-corrected chi connectivity index (χ2v) is 12.0. The van der Waals surface area contributed by atoms with Crippen LogP contribution in [-0.2, 0) is 4.79 Å². The summed E-state index contributed by atoms with van der Waals surface area (Å²) in [4.78, 5) is 21.8. The highest BCUT2D eigenvalue weighted by Crippen LogP contribution is 2.36. The van der Waals surface area contributed by atoms with Crippen LogP contribution in [0.1, 0.15) is 96.8 Å². The summed E-state index contributed by atoms with van der Waals surface area (Å²) in [7, 11) is 0. The van der Waals surface area contributed by atoms with E-state index in [1.807, 2.05) is 36.4 Å². The van der Waals surface area contributed by atoms with Crippen LogP contribution in [0.2, 0.25) is 0 Å². The molecule has 4 nitrogen and oxygen atoms in total. The van der Waals surface area contributed by atoms with Crippen molar-refractivity contribution in [2.75, 3.05) is 0 Å². The van der Waals surface area contributed by atoms with Crippen molar-refractivity contribution in [3.63, 3.8) is 0 Å². The molecule has 0 spiro atoms. The second kappa shape index (κ2) is 15.7. The molecule has 0 saturated heterocycles. The molecule has 0 aliphatic carbocycles. The second-order valence-electron chi connectivity index (χ2n) is 9.94. The van der Waals surface area contributed by atoms with Crippen molar-refractivity contribution >= 4 is 49.1 Å². The van der Waals surface area contributed by atoms with Gasteiger partial charge in [-0.3, -0.25) is 4.79 Å². The largest absolute Gasteiger partial charge is 0.426 e. The Morgan fingerprint density at radius 2 is 1.34 bits per heavy atom. The average molecular weight is 549 g/mol. The fourth-order valence-corrected chi connectivity index (χ4v) is 6.52. The van der Waals surface area contributed by atoms with Crippen molar-refractivity contribution in [2.45, 2.75) is 96.8 Å². The molecular formula is C32H40N2O2S2. The quantitative estimate of drug-likeness (QED) is 0.0570. The van der Waals surface area contributed by atoms with Gasteiger partial charge in [-0.05, 0) is 56.4 Å². The van der Waals surface area contributed by atoms with Crippen molar-refractivity contribution in [2.24, 2.45) is 0 Å². The number of unbranched alkanes of at least 4 members (excludes halogenated alkanes) is 11. The Morgan fingerprint density at radius 3 is 2.05 bits per heavy atom. The van der Waals surface area contributed by atoms with Crippen LogP contribution in [0.3, 0.4) is 0 Å². The zero-order valence-electron chi connectivity index (χ0n) is 22.6. The summed E-state index contributed by atoms with van der Waals surface area (Å²) in [5, 5.41) is 1.83. The number of aromatic nitrogens is 2. The first-order chi connectivity index (χ1) is 18.7. The van der Waals surface area contributed by atoms with Crippen LogP contribution in [0.25, 0.3) is 30.4 Å². The molecule has 2 aromatic heterocycles. The van der Waals surface area contributed by atoms with E-state index in [2.05, 4.69) is 25.1 Å². The number of rotatable bonds is 17. The predicted molar refractivity (Wildman–Crippen MR) is 163 cm³/mol. The molecule has 0 radical (unpaired) electrons. The van der Waals surface area contributed by atoms with E-state index in [9.17, 15) is 4.79 Å². The molecular weight excluding hydrogens is 508 g/mol. The zero-order chi connectivity index (χ0) is 26.4. The third kappa shape index (κ3) is 9.02. The highest BCUT2D eigenvalue weighted by molar-refractivity contribution is 7.27. The van der Waals surface area contributed by atoms with E-state index in [0.717, 1.165) is 43.3 Å². The highest BCUT2D eigenvalue weighted by atomic mass is 32.1. The molecule has 0 aliphatic heterocycles. The van der Waals surface area contributed by atoms with Crippen LogP contribution in [0.5, 0.6) is 5.75 Å². The lowest BCUT2D eigenvalue weighted by Gasteiger charge is -2.04. The van der Waals surface area contributed by atoms with Crippen molar-refractivity contribution in [3.8, 4) is 15.8 Å². The molecule has 202 valence electrons. The van der Waals surface area contributed by atoms with Crippen LogP contribution in [0.15, 0.2) is 54.6 Å². The molecule has 2 aromatic carbocycles. The summed E-state index contributed by atoms with van der Waals surface area (Å²) in [6.07, 6.45) is 21.4. The number of thiazole rings is 2. The molecule has 0 atom stereocenters. The number of carbonyl (C=O) groups is 1. The van der Waals surface area contributed by atoms with Crippen molar-refractivity contribution in [3.05, 3.63) is 54.6 Å². The molecule has 0 N–H and O–H groups in total. The first-order valence-corrected chi connectivity index (χ1v) is 16.0. The van der Waals surface area contributed by atoms with Gasteiger partial charge in [0.05, 0.1) is 20.4 Å². The molecule has 4 rings (SSSR count). The summed E-state index contributed by atoms with van der Waals surface area (Å²) in [6.45, 7) is 2.27. The van der Waals surface area contributed by atoms with E-state index in [-0.39, 0.29) is 5.97 Å². The summed E-state index contributed by atoms with van der Waals surface area (Å²) < 4.78 is 7.79. The number of allylic oxidation sites excluding steroid dienone is 2. The minimum atomic E-state index is -0.155. The smallest absolute Gasteiger partial charge is 0.311 e. The Kier molecular flexibility index (Phi) is 11.8. The molecule has 0 amide bonds. The van der Waals surface area contributed by atoms with Crippen molar-refractivity contribution in [1.82, 2.24) is 9.97 Å². The number of carbonyl (C=O) groups excluding carboxylic acids is 1.